The van der Waals surface area contributed by atoms with Crippen LogP contribution in [0.15, 0.2) is 62.5 Å². The Morgan fingerprint density at radius 1 is 0.950 bits per heavy atom. The number of nitrogens with zero attached hydrogens (tertiary/aromatic N) is 2. The van der Waals surface area contributed by atoms with Gasteiger partial charge in [-0.15, -0.1) is 11.3 Å². The van der Waals surface area contributed by atoms with Gasteiger partial charge in [-0.1, -0.05) is 24.3 Å². The number of fused-ring (bicyclic) bond motifs is 2. The normalized spacial score (nSPS) is 13.0. The summed E-state index contributed by atoms with van der Waals surface area (Å²) in [6, 6.07) is 15.1. The van der Waals surface area contributed by atoms with Crippen molar-refractivity contribution >= 4 is 43.5 Å². The molecule has 0 radical (unpaired) electrons. The van der Waals surface area contributed by atoms with Gasteiger partial charge < -0.3 is 4.42 Å². The van der Waals surface area contributed by atoms with Crippen molar-refractivity contribution in [3.63, 3.8) is 0 Å². The Kier molecular flexibility index (Phi) is 2.64. The molecule has 0 fully saturated rings. The highest BCUT2D eigenvalue weighted by molar-refractivity contribution is 7.87. The number of oxazole rings is 1. The van der Waals surface area contributed by atoms with Crippen molar-refractivity contribution in [2.45, 2.75) is 9.56 Å². The van der Waals surface area contributed by atoms with E-state index >= 15 is 0 Å². The highest BCUT2D eigenvalue weighted by Crippen LogP contribution is 2.28. The zero-order valence-corrected chi connectivity index (χ0v) is 11.8. The molecule has 1 atom stereocenters. The Labute approximate surface area is 120 Å². The third-order valence-electron chi connectivity index (χ3n) is 2.87. The maximum absolute atomic E-state index is 12.5. The Bertz CT molecular complexity index is 800. The molecule has 0 bridgehead atoms. The third-order valence-corrected chi connectivity index (χ3v) is 5.30. The molecule has 0 aliphatic rings. The van der Waals surface area contributed by atoms with Gasteiger partial charge in [-0.3, -0.25) is 0 Å². The fourth-order valence-electron chi connectivity index (χ4n) is 1.94. The van der Waals surface area contributed by atoms with Gasteiger partial charge in [-0.25, -0.2) is 14.2 Å². The van der Waals surface area contributed by atoms with Crippen LogP contribution >= 0.6 is 11.3 Å². The van der Waals surface area contributed by atoms with Crippen molar-refractivity contribution in [2.75, 3.05) is 0 Å². The van der Waals surface area contributed by atoms with E-state index in [4.69, 9.17) is 4.42 Å². The largest absolute Gasteiger partial charge is 0.429 e. The summed E-state index contributed by atoms with van der Waals surface area (Å²) in [6.45, 7) is 0. The Morgan fingerprint density at radius 3 is 2.50 bits per heavy atom. The minimum absolute atomic E-state index is 0.199. The molecule has 0 spiro atoms. The van der Waals surface area contributed by atoms with Gasteiger partial charge in [-0.2, -0.15) is 0 Å². The first-order valence-corrected chi connectivity index (χ1v) is 7.91. The first-order chi connectivity index (χ1) is 9.81. The van der Waals surface area contributed by atoms with Crippen LogP contribution in [0.2, 0.25) is 0 Å². The predicted octanol–water partition coefficient (Wildman–Crippen LogP) is 3.60. The smallest absolute Gasteiger partial charge is 0.295 e. The van der Waals surface area contributed by atoms with Gasteiger partial charge in [0.05, 0.1) is 10.2 Å². The summed E-state index contributed by atoms with van der Waals surface area (Å²) in [5, 5.41) is 0.199. The zero-order valence-electron chi connectivity index (χ0n) is 10.1. The third kappa shape index (κ3) is 1.85. The van der Waals surface area contributed by atoms with Gasteiger partial charge in [0.25, 0.3) is 5.22 Å². The summed E-state index contributed by atoms with van der Waals surface area (Å²) in [5.74, 6) is 0. The van der Waals surface area contributed by atoms with E-state index in [1.165, 1.54) is 11.3 Å². The van der Waals surface area contributed by atoms with E-state index in [0.717, 1.165) is 10.2 Å². The lowest BCUT2D eigenvalue weighted by Crippen LogP contribution is -1.91. The summed E-state index contributed by atoms with van der Waals surface area (Å²) in [6.07, 6.45) is 0. The van der Waals surface area contributed by atoms with Crippen LogP contribution in [0.1, 0.15) is 0 Å². The molecule has 0 aliphatic carbocycles. The fourth-order valence-corrected chi connectivity index (χ4v) is 4.10. The molecule has 0 N–H and O–H groups in total. The second-order valence-corrected chi connectivity index (χ2v) is 6.73. The first-order valence-electron chi connectivity index (χ1n) is 5.94. The Balaban J connectivity index is 1.82. The van der Waals surface area contributed by atoms with Crippen molar-refractivity contribution in [3.05, 3.63) is 48.5 Å². The summed E-state index contributed by atoms with van der Waals surface area (Å²) in [4.78, 5) is 8.64. The average molecular weight is 300 g/mol. The number of thiazole rings is 1. The van der Waals surface area contributed by atoms with E-state index in [0.29, 0.717) is 15.4 Å². The molecule has 2 heterocycles. The molecule has 2 aromatic heterocycles. The van der Waals surface area contributed by atoms with E-state index in [2.05, 4.69) is 9.97 Å². The van der Waals surface area contributed by atoms with Crippen molar-refractivity contribution in [2.24, 2.45) is 0 Å². The van der Waals surface area contributed by atoms with E-state index in [1.54, 1.807) is 6.07 Å². The summed E-state index contributed by atoms with van der Waals surface area (Å²) < 4.78 is 19.5. The molecule has 4 aromatic rings. The van der Waals surface area contributed by atoms with Crippen molar-refractivity contribution in [1.29, 1.82) is 0 Å². The quantitative estimate of drug-likeness (QED) is 0.567. The Hall–Kier alpha value is -2.05. The molecular weight excluding hydrogens is 292 g/mol. The van der Waals surface area contributed by atoms with Gasteiger partial charge in [-0.05, 0) is 24.3 Å². The molecule has 4 rings (SSSR count). The van der Waals surface area contributed by atoms with Crippen LogP contribution in [-0.2, 0) is 10.8 Å². The molecule has 0 aliphatic heterocycles. The minimum Gasteiger partial charge on any atom is -0.429 e. The molecular formula is C14H8N2O2S2. The standard InChI is InChI=1S/C14H8N2O2S2/c17-20(13-15-9-5-1-3-7-11(9)18-13)14-16-10-6-2-4-8-12(10)19-14/h1-8H. The number of para-hydroxylation sites is 3. The Morgan fingerprint density at radius 2 is 1.70 bits per heavy atom. The molecule has 98 valence electrons. The molecule has 0 saturated heterocycles. The van der Waals surface area contributed by atoms with E-state index in [1.807, 2.05) is 42.5 Å². The van der Waals surface area contributed by atoms with Crippen LogP contribution in [0.3, 0.4) is 0 Å². The molecule has 0 amide bonds. The second-order valence-electron chi connectivity index (χ2n) is 4.16. The fraction of sp³-hybridized carbons (Fsp3) is 0. The second kappa shape index (κ2) is 4.50. The van der Waals surface area contributed by atoms with Crippen molar-refractivity contribution in [1.82, 2.24) is 9.97 Å². The minimum atomic E-state index is -1.48. The van der Waals surface area contributed by atoms with Crippen LogP contribution in [0.4, 0.5) is 0 Å². The summed E-state index contributed by atoms with van der Waals surface area (Å²) in [5.41, 5.74) is 2.19. The highest BCUT2D eigenvalue weighted by atomic mass is 32.2. The molecule has 1 unspecified atom stereocenters. The number of hydrogen-bond donors (Lipinski definition) is 0. The van der Waals surface area contributed by atoms with Crippen molar-refractivity contribution in [3.8, 4) is 0 Å². The van der Waals surface area contributed by atoms with Gasteiger partial charge >= 0.3 is 0 Å². The van der Waals surface area contributed by atoms with Crippen molar-refractivity contribution < 1.29 is 8.63 Å². The van der Waals surface area contributed by atoms with E-state index in [-0.39, 0.29) is 5.22 Å². The van der Waals surface area contributed by atoms with Crippen LogP contribution in [0.5, 0.6) is 0 Å². The topological polar surface area (TPSA) is 56.0 Å². The first kappa shape index (κ1) is 11.7. The highest BCUT2D eigenvalue weighted by Gasteiger charge is 2.18. The number of benzene rings is 2. The average Bonchev–Trinajstić information content (AvgIpc) is 3.10. The van der Waals surface area contributed by atoms with Crippen LogP contribution in [0.25, 0.3) is 21.3 Å². The molecule has 2 aromatic carbocycles. The summed E-state index contributed by atoms with van der Waals surface area (Å²) >= 11 is 1.40. The lowest BCUT2D eigenvalue weighted by Gasteiger charge is -1.88. The maximum Gasteiger partial charge on any atom is 0.295 e. The molecule has 4 nitrogen and oxygen atoms in total. The van der Waals surface area contributed by atoms with Crippen LogP contribution in [-0.4, -0.2) is 14.2 Å². The molecule has 0 saturated carbocycles. The number of rotatable bonds is 2. The zero-order chi connectivity index (χ0) is 13.5. The lowest BCUT2D eigenvalue weighted by atomic mass is 10.3. The van der Waals surface area contributed by atoms with Gasteiger partial charge in [0.15, 0.2) is 20.7 Å². The summed E-state index contributed by atoms with van der Waals surface area (Å²) in [7, 11) is -1.48. The maximum atomic E-state index is 12.5. The van der Waals surface area contributed by atoms with Crippen LogP contribution in [0, 0.1) is 0 Å². The van der Waals surface area contributed by atoms with E-state index < -0.39 is 10.8 Å². The number of aromatic nitrogens is 2. The van der Waals surface area contributed by atoms with Gasteiger partial charge in [0, 0.05) is 0 Å². The lowest BCUT2D eigenvalue weighted by molar-refractivity contribution is 0.477. The molecule has 6 heteroatoms. The van der Waals surface area contributed by atoms with Gasteiger partial charge in [0.2, 0.25) is 0 Å². The van der Waals surface area contributed by atoms with E-state index in [9.17, 15) is 4.21 Å². The SMILES string of the molecule is O=S(c1nc2ccccc2o1)c1nc2ccccc2s1. The van der Waals surface area contributed by atoms with Gasteiger partial charge in [0.1, 0.15) is 5.52 Å². The predicted molar refractivity (Wildman–Crippen MR) is 78.3 cm³/mol. The number of hydrogen-bond acceptors (Lipinski definition) is 5. The molecule has 20 heavy (non-hydrogen) atoms. The van der Waals surface area contributed by atoms with Crippen LogP contribution < -0.4 is 0 Å². The monoisotopic (exact) mass is 300 g/mol.